The van der Waals surface area contributed by atoms with Crippen LogP contribution in [0.2, 0.25) is 0 Å². The number of rotatable bonds is 4. The van der Waals surface area contributed by atoms with Gasteiger partial charge in [-0.25, -0.2) is 0 Å². The van der Waals surface area contributed by atoms with Crippen molar-refractivity contribution >= 4 is 5.78 Å². The smallest absolute Gasteiger partial charge is 0.169 e. The number of nitrogens with zero attached hydrogens (tertiary/aromatic N) is 1. The molecule has 4 rings (SSSR count). The van der Waals surface area contributed by atoms with E-state index in [0.717, 1.165) is 35.2 Å². The van der Waals surface area contributed by atoms with Gasteiger partial charge in [0, 0.05) is 17.3 Å². The molecule has 0 amide bonds. The molecule has 0 spiro atoms. The number of ketones is 1. The van der Waals surface area contributed by atoms with Gasteiger partial charge in [0.25, 0.3) is 0 Å². The highest BCUT2D eigenvalue weighted by molar-refractivity contribution is 5.99. The fourth-order valence-electron chi connectivity index (χ4n) is 4.41. The minimum atomic E-state index is -0.621. The molecule has 1 fully saturated rings. The molecule has 2 aromatic carbocycles. The maximum Gasteiger partial charge on any atom is 0.169 e. The third-order valence-corrected chi connectivity index (χ3v) is 5.77. The molecule has 3 nitrogen and oxygen atoms in total. The lowest BCUT2D eigenvalue weighted by Gasteiger charge is -2.36. The Bertz CT molecular complexity index is 953. The topological polar surface area (TPSA) is 50.2 Å². The summed E-state index contributed by atoms with van der Waals surface area (Å²) in [5.74, 6) is -0.416. The van der Waals surface area contributed by atoms with E-state index >= 15 is 0 Å². The maximum atomic E-state index is 13.3. The Morgan fingerprint density at radius 3 is 2.54 bits per heavy atom. The molecule has 1 aliphatic carbocycles. The number of aromatic nitrogens is 1. The lowest BCUT2D eigenvalue weighted by Crippen LogP contribution is -2.37. The van der Waals surface area contributed by atoms with Crippen molar-refractivity contribution in [3.8, 4) is 11.3 Å². The van der Waals surface area contributed by atoms with Crippen LogP contribution in [-0.4, -0.2) is 22.0 Å². The van der Waals surface area contributed by atoms with E-state index in [-0.39, 0.29) is 11.7 Å². The largest absolute Gasteiger partial charge is 0.392 e. The molecule has 1 saturated carbocycles. The zero-order valence-corrected chi connectivity index (χ0v) is 16.1. The molecule has 1 aromatic heterocycles. The summed E-state index contributed by atoms with van der Waals surface area (Å²) in [6, 6.07) is 21.6. The van der Waals surface area contributed by atoms with Crippen molar-refractivity contribution in [3.63, 3.8) is 0 Å². The molecular weight excluding hydrogens is 346 g/mol. The average molecular weight is 371 g/mol. The van der Waals surface area contributed by atoms with E-state index in [1.54, 1.807) is 6.20 Å². The van der Waals surface area contributed by atoms with E-state index in [1.165, 1.54) is 0 Å². The van der Waals surface area contributed by atoms with Crippen LogP contribution in [0, 0.1) is 12.8 Å². The number of carbonyl (C=O) groups is 1. The zero-order chi connectivity index (χ0) is 19.5. The van der Waals surface area contributed by atoms with Crippen molar-refractivity contribution in [2.24, 2.45) is 5.92 Å². The van der Waals surface area contributed by atoms with Crippen LogP contribution >= 0.6 is 0 Å². The lowest BCUT2D eigenvalue weighted by atomic mass is 9.69. The Morgan fingerprint density at radius 2 is 1.79 bits per heavy atom. The molecule has 142 valence electrons. The number of aryl methyl sites for hydroxylation is 1. The highest BCUT2D eigenvalue weighted by Gasteiger charge is 2.39. The summed E-state index contributed by atoms with van der Waals surface area (Å²) in [6.07, 6.45) is 3.65. The van der Waals surface area contributed by atoms with Crippen LogP contribution < -0.4 is 0 Å². The van der Waals surface area contributed by atoms with Gasteiger partial charge in [0.2, 0.25) is 0 Å². The van der Waals surface area contributed by atoms with Crippen LogP contribution in [0.5, 0.6) is 0 Å². The Balaban J connectivity index is 1.79. The summed E-state index contributed by atoms with van der Waals surface area (Å²) < 4.78 is 0. The number of benzene rings is 2. The van der Waals surface area contributed by atoms with Crippen LogP contribution in [-0.2, 0) is 0 Å². The highest BCUT2D eigenvalue weighted by atomic mass is 16.3. The monoisotopic (exact) mass is 371 g/mol. The molecule has 0 radical (unpaired) electrons. The summed E-state index contributed by atoms with van der Waals surface area (Å²) in [4.78, 5) is 17.9. The fraction of sp³-hybridized carbons (Fsp3) is 0.280. The van der Waals surface area contributed by atoms with Gasteiger partial charge in [0.1, 0.15) is 0 Å². The van der Waals surface area contributed by atoms with E-state index in [4.69, 9.17) is 0 Å². The third-order valence-electron chi connectivity index (χ3n) is 5.77. The number of Topliss-reactive ketones (excluding diaryl/α,β-unsaturated/α-hetero) is 1. The molecule has 3 heteroatoms. The van der Waals surface area contributed by atoms with Crippen molar-refractivity contribution in [1.29, 1.82) is 0 Å². The second-order valence-electron chi connectivity index (χ2n) is 7.67. The number of aliphatic hydroxyl groups excluding tert-OH is 1. The van der Waals surface area contributed by atoms with Crippen LogP contribution in [0.1, 0.15) is 46.7 Å². The second-order valence-corrected chi connectivity index (χ2v) is 7.67. The van der Waals surface area contributed by atoms with Crippen molar-refractivity contribution in [2.75, 3.05) is 0 Å². The van der Waals surface area contributed by atoms with Gasteiger partial charge in [0.05, 0.1) is 17.7 Å². The highest BCUT2D eigenvalue weighted by Crippen LogP contribution is 2.43. The Morgan fingerprint density at radius 1 is 1.00 bits per heavy atom. The number of hydrogen-bond acceptors (Lipinski definition) is 3. The first-order valence-corrected chi connectivity index (χ1v) is 9.94. The normalized spacial score (nSPS) is 22.0. The summed E-state index contributed by atoms with van der Waals surface area (Å²) >= 11 is 0. The molecule has 0 bridgehead atoms. The first kappa shape index (κ1) is 18.6. The quantitative estimate of drug-likeness (QED) is 0.643. The molecule has 1 heterocycles. The van der Waals surface area contributed by atoms with E-state index in [1.807, 2.05) is 48.5 Å². The number of hydrogen-bond donors (Lipinski definition) is 1. The van der Waals surface area contributed by atoms with Crippen molar-refractivity contribution in [2.45, 2.75) is 38.2 Å². The van der Waals surface area contributed by atoms with Gasteiger partial charge in [-0.1, -0.05) is 60.5 Å². The standard InChI is InChI=1S/C25H25NO2/c1-17-13-14-19(21(16-17)22-11-5-6-15-26-22)20-10-7-12-23(27)24(20)25(28)18-8-3-2-4-9-18/h2-6,8-9,11,13-16,20,23-24,27H,7,10,12H2,1H3/t20-,23+,24-/m0/s1. The molecule has 3 aromatic rings. The summed E-state index contributed by atoms with van der Waals surface area (Å²) in [5.41, 5.74) is 4.91. The predicted octanol–water partition coefficient (Wildman–Crippen LogP) is 5.18. The first-order valence-electron chi connectivity index (χ1n) is 9.94. The molecular formula is C25H25NO2. The van der Waals surface area contributed by atoms with E-state index in [0.29, 0.717) is 12.0 Å². The molecule has 0 aliphatic heterocycles. The van der Waals surface area contributed by atoms with E-state index in [2.05, 4.69) is 30.1 Å². The summed E-state index contributed by atoms with van der Waals surface area (Å²) in [6.45, 7) is 2.07. The molecule has 3 atom stereocenters. The van der Waals surface area contributed by atoms with Crippen LogP contribution in [0.15, 0.2) is 72.9 Å². The maximum absolute atomic E-state index is 13.3. The van der Waals surface area contributed by atoms with Crippen LogP contribution in [0.3, 0.4) is 0 Å². The molecule has 0 unspecified atom stereocenters. The summed E-state index contributed by atoms with van der Waals surface area (Å²) in [7, 11) is 0. The second kappa shape index (κ2) is 8.07. The molecule has 1 N–H and O–H groups in total. The zero-order valence-electron chi connectivity index (χ0n) is 16.1. The lowest BCUT2D eigenvalue weighted by molar-refractivity contribution is 0.0446. The Hall–Kier alpha value is -2.78. The van der Waals surface area contributed by atoms with Gasteiger partial charge >= 0.3 is 0 Å². The SMILES string of the molecule is Cc1ccc([C@@H]2CCC[C@@H](O)[C@H]2C(=O)c2ccccc2)c(-c2ccccn2)c1. The van der Waals surface area contributed by atoms with Crippen molar-refractivity contribution in [3.05, 3.63) is 89.6 Å². The number of aliphatic hydroxyl groups is 1. The van der Waals surface area contributed by atoms with Gasteiger partial charge in [0.15, 0.2) is 5.78 Å². The first-order chi connectivity index (χ1) is 13.6. The van der Waals surface area contributed by atoms with Crippen molar-refractivity contribution in [1.82, 2.24) is 4.98 Å². The minimum Gasteiger partial charge on any atom is -0.392 e. The Kier molecular flexibility index (Phi) is 5.36. The van der Waals surface area contributed by atoms with Gasteiger partial charge in [-0.15, -0.1) is 0 Å². The third kappa shape index (κ3) is 3.63. The van der Waals surface area contributed by atoms with Gasteiger partial charge in [-0.05, 0) is 49.4 Å². The van der Waals surface area contributed by atoms with Gasteiger partial charge < -0.3 is 5.11 Å². The molecule has 0 saturated heterocycles. The fourth-order valence-corrected chi connectivity index (χ4v) is 4.41. The van der Waals surface area contributed by atoms with E-state index < -0.39 is 12.0 Å². The average Bonchev–Trinajstić information content (AvgIpc) is 2.74. The Labute approximate surface area is 166 Å². The number of pyridine rings is 1. The predicted molar refractivity (Wildman–Crippen MR) is 111 cm³/mol. The van der Waals surface area contributed by atoms with Crippen molar-refractivity contribution < 1.29 is 9.90 Å². The number of carbonyl (C=O) groups excluding carboxylic acids is 1. The summed E-state index contributed by atoms with van der Waals surface area (Å²) in [5, 5.41) is 10.8. The molecule has 28 heavy (non-hydrogen) atoms. The molecule has 1 aliphatic rings. The van der Waals surface area contributed by atoms with Gasteiger partial charge in [-0.3, -0.25) is 9.78 Å². The van der Waals surface area contributed by atoms with E-state index in [9.17, 15) is 9.90 Å². The van der Waals surface area contributed by atoms with Crippen LogP contribution in [0.25, 0.3) is 11.3 Å². The van der Waals surface area contributed by atoms with Gasteiger partial charge in [-0.2, -0.15) is 0 Å². The minimum absolute atomic E-state index is 0.0194. The van der Waals surface area contributed by atoms with Crippen LogP contribution in [0.4, 0.5) is 0 Å².